The smallest absolute Gasteiger partial charge is 0.265 e. The monoisotopic (exact) mass is 430 g/mol. The van der Waals surface area contributed by atoms with Crippen LogP contribution in [0.3, 0.4) is 0 Å². The fourth-order valence-corrected chi connectivity index (χ4v) is 7.58. The van der Waals surface area contributed by atoms with Gasteiger partial charge in [0.1, 0.15) is 11.6 Å². The first kappa shape index (κ1) is 19.4. The normalized spacial score (nSPS) is 34.6. The van der Waals surface area contributed by atoms with E-state index in [-0.39, 0.29) is 11.5 Å². The molecular formula is C24H31FN2O2S. The lowest BCUT2D eigenvalue weighted by atomic mass is 9.50. The zero-order chi connectivity index (χ0) is 20.3. The van der Waals surface area contributed by atoms with Crippen LogP contribution in [0, 0.1) is 29.0 Å². The lowest BCUT2D eigenvalue weighted by molar-refractivity contribution is -0.0747. The molecule has 7 rings (SSSR count). The van der Waals surface area contributed by atoms with E-state index in [1.807, 2.05) is 0 Å². The van der Waals surface area contributed by atoms with Crippen LogP contribution in [-0.4, -0.2) is 29.9 Å². The van der Waals surface area contributed by atoms with Gasteiger partial charge in [-0.3, -0.25) is 9.52 Å². The maximum Gasteiger partial charge on any atom is 0.265 e. The molecule has 4 bridgehead atoms. The Kier molecular flexibility index (Phi) is 4.79. The summed E-state index contributed by atoms with van der Waals surface area (Å²) in [5.41, 5.74) is 1.47. The van der Waals surface area contributed by atoms with Gasteiger partial charge in [0.05, 0.1) is 12.2 Å². The van der Waals surface area contributed by atoms with E-state index in [0.717, 1.165) is 55.7 Å². The average molecular weight is 431 g/mol. The van der Waals surface area contributed by atoms with Crippen molar-refractivity contribution in [1.29, 1.82) is 0 Å². The summed E-state index contributed by atoms with van der Waals surface area (Å²) in [5, 5.41) is 0. The number of nitrogens with zero attached hydrogens (tertiary/aromatic N) is 1. The molecular weight excluding hydrogens is 399 g/mol. The Bertz CT molecular complexity index is 817. The van der Waals surface area contributed by atoms with Gasteiger partial charge in [0.2, 0.25) is 0 Å². The van der Waals surface area contributed by atoms with Crippen LogP contribution in [0.5, 0.6) is 5.75 Å². The minimum atomic E-state index is -0.471. The van der Waals surface area contributed by atoms with Crippen molar-refractivity contribution in [2.75, 3.05) is 19.7 Å². The number of hydrogen-bond acceptors (Lipinski definition) is 4. The molecule has 1 heterocycles. The van der Waals surface area contributed by atoms with Crippen LogP contribution < -0.4 is 9.46 Å². The maximum atomic E-state index is 14.9. The van der Waals surface area contributed by atoms with Gasteiger partial charge in [0, 0.05) is 36.7 Å². The number of halogens is 1. The first-order chi connectivity index (χ1) is 14.6. The van der Waals surface area contributed by atoms with Crippen LogP contribution in [0.1, 0.15) is 79.6 Å². The summed E-state index contributed by atoms with van der Waals surface area (Å²) in [4.78, 5) is 12.6. The minimum Gasteiger partial charge on any atom is -0.493 e. The van der Waals surface area contributed by atoms with E-state index >= 15 is 0 Å². The van der Waals surface area contributed by atoms with Crippen LogP contribution in [0.2, 0.25) is 0 Å². The van der Waals surface area contributed by atoms with Gasteiger partial charge in [-0.15, -0.1) is 0 Å². The van der Waals surface area contributed by atoms with Crippen LogP contribution in [0.15, 0.2) is 12.1 Å². The molecule has 1 aliphatic heterocycles. The third kappa shape index (κ3) is 3.64. The van der Waals surface area contributed by atoms with E-state index in [4.69, 9.17) is 4.74 Å². The SMILES string of the molecule is O=C(NSN1CCC1)c1cc(C2CC2)c(OCC23CC4CC(CC(C4)C2)C3)cc1F. The van der Waals surface area contributed by atoms with Gasteiger partial charge in [0.15, 0.2) is 0 Å². The summed E-state index contributed by atoms with van der Waals surface area (Å²) in [7, 11) is 0. The van der Waals surface area contributed by atoms with Gasteiger partial charge in [-0.1, -0.05) is 0 Å². The number of ether oxygens (including phenoxy) is 1. The highest BCUT2D eigenvalue weighted by molar-refractivity contribution is 7.95. The predicted molar refractivity (Wildman–Crippen MR) is 116 cm³/mol. The molecule has 1 aromatic carbocycles. The van der Waals surface area contributed by atoms with Crippen molar-refractivity contribution in [1.82, 2.24) is 9.03 Å². The molecule has 0 spiro atoms. The summed E-state index contributed by atoms with van der Waals surface area (Å²) < 4.78 is 26.1. The van der Waals surface area contributed by atoms with E-state index in [9.17, 15) is 9.18 Å². The average Bonchev–Trinajstić information content (AvgIpc) is 3.49. The first-order valence-corrected chi connectivity index (χ1v) is 12.5. The lowest BCUT2D eigenvalue weighted by Gasteiger charge is -2.56. The molecule has 5 saturated carbocycles. The molecule has 6 fully saturated rings. The maximum absolute atomic E-state index is 14.9. The second kappa shape index (κ2) is 7.40. The molecule has 6 heteroatoms. The van der Waals surface area contributed by atoms with Crippen molar-refractivity contribution in [3.8, 4) is 5.75 Å². The van der Waals surface area contributed by atoms with Crippen LogP contribution in [0.25, 0.3) is 0 Å². The molecule has 0 radical (unpaired) electrons. The molecule has 0 aromatic heterocycles. The molecule has 30 heavy (non-hydrogen) atoms. The Morgan fingerprint density at radius 3 is 2.37 bits per heavy atom. The first-order valence-electron chi connectivity index (χ1n) is 11.8. The van der Waals surface area contributed by atoms with Crippen LogP contribution in [0.4, 0.5) is 4.39 Å². The molecule has 0 unspecified atom stereocenters. The lowest BCUT2D eigenvalue weighted by Crippen LogP contribution is -2.48. The second-order valence-electron chi connectivity index (χ2n) is 10.7. The largest absolute Gasteiger partial charge is 0.493 e. The van der Waals surface area contributed by atoms with E-state index in [1.54, 1.807) is 6.07 Å². The highest BCUT2D eigenvalue weighted by atomic mass is 32.2. The molecule has 6 aliphatic rings. The summed E-state index contributed by atoms with van der Waals surface area (Å²) in [5.74, 6) is 2.92. The third-order valence-electron chi connectivity index (χ3n) is 8.14. The van der Waals surface area contributed by atoms with Gasteiger partial charge in [0.25, 0.3) is 5.91 Å². The third-order valence-corrected chi connectivity index (χ3v) is 9.04. The Morgan fingerprint density at radius 1 is 1.13 bits per heavy atom. The molecule has 0 atom stereocenters. The highest BCUT2D eigenvalue weighted by Gasteiger charge is 2.51. The van der Waals surface area contributed by atoms with Crippen molar-refractivity contribution in [2.45, 2.75) is 63.7 Å². The Labute approximate surface area is 182 Å². The summed E-state index contributed by atoms with van der Waals surface area (Å²) in [6, 6.07) is 3.24. The molecule has 162 valence electrons. The summed E-state index contributed by atoms with van der Waals surface area (Å²) in [6.45, 7) is 2.65. The Balaban J connectivity index is 1.18. The quantitative estimate of drug-likeness (QED) is 0.596. The van der Waals surface area contributed by atoms with Gasteiger partial charge in [-0.25, -0.2) is 8.70 Å². The number of hydrogen-bond donors (Lipinski definition) is 1. The topological polar surface area (TPSA) is 41.6 Å². The highest BCUT2D eigenvalue weighted by Crippen LogP contribution is 2.60. The standard InChI is InChI=1S/C24H31FN2O2S/c25-21-10-22(29-14-24-11-15-6-16(12-24)8-17(7-15)13-24)19(18-2-3-18)9-20(21)23(28)26-30-27-4-1-5-27/h9-10,15-18H,1-8,11-14H2,(H,26,28). The fourth-order valence-electron chi connectivity index (χ4n) is 6.82. The molecule has 1 N–H and O–H groups in total. The van der Waals surface area contributed by atoms with Gasteiger partial charge in [-0.05, 0) is 93.1 Å². The van der Waals surface area contributed by atoms with Crippen molar-refractivity contribution in [2.24, 2.45) is 23.2 Å². The Morgan fingerprint density at radius 2 is 1.80 bits per heavy atom. The van der Waals surface area contributed by atoms with Gasteiger partial charge in [-0.2, -0.15) is 0 Å². The van der Waals surface area contributed by atoms with Crippen LogP contribution in [-0.2, 0) is 0 Å². The van der Waals surface area contributed by atoms with Crippen LogP contribution >= 0.6 is 12.1 Å². The van der Waals surface area contributed by atoms with Crippen molar-refractivity contribution in [3.05, 3.63) is 29.1 Å². The molecule has 1 aromatic rings. The Hall–Kier alpha value is -1.27. The number of nitrogens with one attached hydrogen (secondary N) is 1. The van der Waals surface area contributed by atoms with Gasteiger partial charge >= 0.3 is 0 Å². The number of carbonyl (C=O) groups is 1. The van der Waals surface area contributed by atoms with Gasteiger partial charge < -0.3 is 4.74 Å². The van der Waals surface area contributed by atoms with E-state index < -0.39 is 5.82 Å². The number of rotatable bonds is 7. The van der Waals surface area contributed by atoms with E-state index in [1.165, 1.54) is 56.7 Å². The molecule has 1 saturated heterocycles. The zero-order valence-electron chi connectivity index (χ0n) is 17.5. The van der Waals surface area contributed by atoms with Crippen molar-refractivity contribution >= 4 is 18.0 Å². The fraction of sp³-hybridized carbons (Fsp3) is 0.708. The number of amides is 1. The summed E-state index contributed by atoms with van der Waals surface area (Å²) in [6.07, 6.45) is 11.5. The zero-order valence-corrected chi connectivity index (χ0v) is 18.3. The van der Waals surface area contributed by atoms with Crippen molar-refractivity contribution in [3.63, 3.8) is 0 Å². The molecule has 5 aliphatic carbocycles. The molecule has 1 amide bonds. The van der Waals surface area contributed by atoms with Crippen molar-refractivity contribution < 1.29 is 13.9 Å². The minimum absolute atomic E-state index is 0.145. The molecule has 4 nitrogen and oxygen atoms in total. The summed E-state index contributed by atoms with van der Waals surface area (Å²) >= 11 is 1.29. The van der Waals surface area contributed by atoms with E-state index in [0.29, 0.717) is 23.7 Å². The number of carbonyl (C=O) groups excluding carboxylic acids is 1. The predicted octanol–water partition coefficient (Wildman–Crippen LogP) is 5.30. The number of benzene rings is 1. The van der Waals surface area contributed by atoms with E-state index in [2.05, 4.69) is 9.03 Å². The second-order valence-corrected chi connectivity index (χ2v) is 11.6.